The van der Waals surface area contributed by atoms with Gasteiger partial charge in [0.05, 0.1) is 6.61 Å². The molecule has 9 atom stereocenters. The second kappa shape index (κ2) is 7.97. The molecule has 15 heteroatoms. The van der Waals surface area contributed by atoms with Gasteiger partial charge >= 0.3 is 13.8 Å². The lowest BCUT2D eigenvalue weighted by atomic mass is 9.85. The molecule has 0 bridgehead atoms. The van der Waals surface area contributed by atoms with Crippen LogP contribution in [0.15, 0.2) is 11.5 Å². The number of carbonyl (C=O) groups is 1. The number of aliphatic hydroxyl groups excluding tert-OH is 8. The summed E-state index contributed by atoms with van der Waals surface area (Å²) in [6, 6.07) is 0. The summed E-state index contributed by atoms with van der Waals surface area (Å²) >= 11 is 0. The molecule has 14 nitrogen and oxygen atoms in total. The van der Waals surface area contributed by atoms with Crippen LogP contribution >= 0.6 is 7.82 Å². The molecular weight excluding hydrogens is 399 g/mol. The highest BCUT2D eigenvalue weighted by atomic mass is 31.2. The SMILES string of the molecule is O=C1O[C@H](C(O)CO)C(O)=C1OP(=O)(O)OC1[C@@H](O)[C@H](O)C(O)[C@H](O)[C@H]1O. The van der Waals surface area contributed by atoms with Gasteiger partial charge in [0.2, 0.25) is 0 Å². The smallest absolute Gasteiger partial charge is 0.505 e. The van der Waals surface area contributed by atoms with Gasteiger partial charge in [0.25, 0.3) is 5.76 Å². The first-order chi connectivity index (χ1) is 12.4. The average Bonchev–Trinajstić information content (AvgIpc) is 2.89. The molecule has 0 amide bonds. The summed E-state index contributed by atoms with van der Waals surface area (Å²) in [6.45, 7) is -0.929. The number of esters is 1. The van der Waals surface area contributed by atoms with Crippen LogP contribution in [0, 0.1) is 0 Å². The number of hydrogen-bond acceptors (Lipinski definition) is 13. The molecule has 0 spiro atoms. The standard InChI is InChI=1S/C12H19O14P/c13-1-2(14)9-8(20)11(12(21)24-9)26-27(22,23)25-10-6(18)4(16)3(15)5(17)7(10)19/h2-7,9-10,13-20H,1H2,(H,22,23)/t2?,3?,4-,5+,6+,7-,9-,10?/m1/s1. The lowest BCUT2D eigenvalue weighted by Gasteiger charge is -2.41. The van der Waals surface area contributed by atoms with Crippen LogP contribution in [-0.4, -0.2) is 107 Å². The highest BCUT2D eigenvalue weighted by Crippen LogP contribution is 2.50. The van der Waals surface area contributed by atoms with Gasteiger partial charge in [-0.25, -0.2) is 9.36 Å². The van der Waals surface area contributed by atoms with Crippen LogP contribution in [0.1, 0.15) is 0 Å². The van der Waals surface area contributed by atoms with E-state index < -0.39 is 80.7 Å². The summed E-state index contributed by atoms with van der Waals surface area (Å²) in [6.07, 6.45) is -16.0. The lowest BCUT2D eigenvalue weighted by Crippen LogP contribution is -2.64. The van der Waals surface area contributed by atoms with Crippen molar-refractivity contribution in [3.05, 3.63) is 11.5 Å². The molecule has 1 saturated carbocycles. The van der Waals surface area contributed by atoms with Crippen molar-refractivity contribution >= 4 is 13.8 Å². The van der Waals surface area contributed by atoms with Crippen LogP contribution in [0.25, 0.3) is 0 Å². The van der Waals surface area contributed by atoms with Crippen molar-refractivity contribution in [2.45, 2.75) is 48.8 Å². The Morgan fingerprint density at radius 2 is 1.52 bits per heavy atom. The molecule has 2 rings (SSSR count). The summed E-state index contributed by atoms with van der Waals surface area (Å²) in [5, 5.41) is 76.0. The zero-order chi connectivity index (χ0) is 20.7. The van der Waals surface area contributed by atoms with E-state index >= 15 is 0 Å². The van der Waals surface area contributed by atoms with Crippen molar-refractivity contribution in [2.75, 3.05) is 6.61 Å². The normalized spacial score (nSPS) is 40.4. The number of carbonyl (C=O) groups excluding carboxylic acids is 1. The Bertz CT molecular complexity index is 634. The van der Waals surface area contributed by atoms with Crippen LogP contribution in [-0.2, 0) is 23.1 Å². The molecule has 4 unspecified atom stereocenters. The monoisotopic (exact) mass is 418 g/mol. The van der Waals surface area contributed by atoms with E-state index in [0.717, 1.165) is 0 Å². The fraction of sp³-hybridized carbons (Fsp3) is 0.750. The van der Waals surface area contributed by atoms with E-state index in [1.807, 2.05) is 0 Å². The van der Waals surface area contributed by atoms with Gasteiger partial charge < -0.3 is 50.1 Å². The van der Waals surface area contributed by atoms with Crippen molar-refractivity contribution in [2.24, 2.45) is 0 Å². The number of hydrogen-bond donors (Lipinski definition) is 9. The fourth-order valence-electron chi connectivity index (χ4n) is 2.51. The topological polar surface area (TPSA) is 244 Å². The number of rotatable bonds is 6. The number of phosphoric acid groups is 1. The first kappa shape index (κ1) is 22.0. The Balaban J connectivity index is 2.18. The fourth-order valence-corrected chi connectivity index (χ4v) is 3.51. The van der Waals surface area contributed by atoms with Crippen molar-refractivity contribution in [1.29, 1.82) is 0 Å². The summed E-state index contributed by atoms with van der Waals surface area (Å²) in [7, 11) is -5.38. The molecule has 0 saturated heterocycles. The third-order valence-corrected chi connectivity index (χ3v) is 4.92. The largest absolute Gasteiger partial charge is 0.528 e. The predicted octanol–water partition coefficient (Wildman–Crippen LogP) is -4.65. The van der Waals surface area contributed by atoms with Gasteiger partial charge in [-0.15, -0.1) is 0 Å². The highest BCUT2D eigenvalue weighted by Gasteiger charge is 2.52. The average molecular weight is 418 g/mol. The zero-order valence-corrected chi connectivity index (χ0v) is 14.2. The first-order valence-corrected chi connectivity index (χ1v) is 8.95. The van der Waals surface area contributed by atoms with E-state index in [4.69, 9.17) is 5.11 Å². The van der Waals surface area contributed by atoms with E-state index in [2.05, 4.69) is 13.8 Å². The van der Waals surface area contributed by atoms with Gasteiger partial charge in [-0.05, 0) is 0 Å². The van der Waals surface area contributed by atoms with E-state index in [1.165, 1.54) is 0 Å². The predicted molar refractivity (Wildman–Crippen MR) is 78.4 cm³/mol. The minimum absolute atomic E-state index is 0.929. The maximum atomic E-state index is 12.1. The summed E-state index contributed by atoms with van der Waals surface area (Å²) in [5.74, 6) is -3.85. The van der Waals surface area contributed by atoms with Crippen molar-refractivity contribution in [3.63, 3.8) is 0 Å². The molecule has 0 aromatic heterocycles. The van der Waals surface area contributed by atoms with Crippen LogP contribution in [0.5, 0.6) is 0 Å². The van der Waals surface area contributed by atoms with Crippen LogP contribution in [0.3, 0.4) is 0 Å². The minimum Gasteiger partial charge on any atom is -0.505 e. The maximum Gasteiger partial charge on any atom is 0.528 e. The molecule has 1 aliphatic heterocycles. The van der Waals surface area contributed by atoms with Gasteiger partial charge in [0.15, 0.2) is 11.9 Å². The number of aliphatic hydroxyl groups is 8. The third-order valence-electron chi connectivity index (χ3n) is 3.99. The number of ether oxygens (including phenoxy) is 1. The Morgan fingerprint density at radius 1 is 1.04 bits per heavy atom. The molecule has 0 radical (unpaired) electrons. The van der Waals surface area contributed by atoms with Gasteiger partial charge in [0.1, 0.15) is 42.7 Å². The molecule has 1 fully saturated rings. The van der Waals surface area contributed by atoms with E-state index in [-0.39, 0.29) is 0 Å². The van der Waals surface area contributed by atoms with Crippen molar-refractivity contribution < 1.29 is 68.9 Å². The maximum absolute atomic E-state index is 12.1. The zero-order valence-electron chi connectivity index (χ0n) is 13.3. The Hall–Kier alpha value is -1.32. The van der Waals surface area contributed by atoms with Gasteiger partial charge in [-0.1, -0.05) is 0 Å². The quantitative estimate of drug-likeness (QED) is 0.145. The Labute approximate surface area is 150 Å². The van der Waals surface area contributed by atoms with E-state index in [9.17, 15) is 50.0 Å². The van der Waals surface area contributed by atoms with E-state index in [0.29, 0.717) is 0 Å². The molecule has 0 aromatic carbocycles. The molecule has 27 heavy (non-hydrogen) atoms. The van der Waals surface area contributed by atoms with Crippen LogP contribution < -0.4 is 0 Å². The number of cyclic esters (lactones) is 1. The minimum atomic E-state index is -5.38. The van der Waals surface area contributed by atoms with Crippen LogP contribution in [0.2, 0.25) is 0 Å². The van der Waals surface area contributed by atoms with E-state index in [1.54, 1.807) is 0 Å². The molecule has 1 heterocycles. The highest BCUT2D eigenvalue weighted by molar-refractivity contribution is 7.47. The second-order valence-corrected chi connectivity index (χ2v) is 7.20. The molecule has 2 aliphatic rings. The first-order valence-electron chi connectivity index (χ1n) is 7.45. The van der Waals surface area contributed by atoms with Gasteiger partial charge in [0, 0.05) is 0 Å². The number of phosphoric ester groups is 1. The van der Waals surface area contributed by atoms with Crippen LogP contribution in [0.4, 0.5) is 0 Å². The molecule has 9 N–H and O–H groups in total. The summed E-state index contributed by atoms with van der Waals surface area (Å²) in [4.78, 5) is 21.3. The molecular formula is C12H19O14P. The van der Waals surface area contributed by atoms with Gasteiger partial charge in [-0.3, -0.25) is 9.42 Å². The molecule has 1 aliphatic carbocycles. The summed E-state index contributed by atoms with van der Waals surface area (Å²) in [5.41, 5.74) is 0. The summed E-state index contributed by atoms with van der Waals surface area (Å²) < 4.78 is 25.3. The third kappa shape index (κ3) is 4.25. The van der Waals surface area contributed by atoms with Crippen molar-refractivity contribution in [1.82, 2.24) is 0 Å². The Morgan fingerprint density at radius 3 is 2.00 bits per heavy atom. The second-order valence-electron chi connectivity index (χ2n) is 5.87. The lowest BCUT2D eigenvalue weighted by molar-refractivity contribution is -0.219. The molecule has 0 aromatic rings. The Kier molecular flexibility index (Phi) is 6.48. The van der Waals surface area contributed by atoms with Crippen molar-refractivity contribution in [3.8, 4) is 0 Å². The molecule has 156 valence electrons. The van der Waals surface area contributed by atoms with Gasteiger partial charge in [-0.2, -0.15) is 0 Å².